The molecule has 2 aromatic rings. The first-order valence-corrected chi connectivity index (χ1v) is 7.89. The first-order chi connectivity index (χ1) is 10.3. The second kappa shape index (κ2) is 6.60. The van der Waals surface area contributed by atoms with Crippen molar-refractivity contribution in [2.75, 3.05) is 6.54 Å². The molecule has 1 aliphatic heterocycles. The van der Waals surface area contributed by atoms with E-state index in [0.29, 0.717) is 5.88 Å². The Morgan fingerprint density at radius 1 is 1.48 bits per heavy atom. The van der Waals surface area contributed by atoms with Gasteiger partial charge in [0.25, 0.3) is 0 Å². The Hall–Kier alpha value is -1.36. The summed E-state index contributed by atoms with van der Waals surface area (Å²) in [7, 11) is 0. The third kappa shape index (κ3) is 3.28. The van der Waals surface area contributed by atoms with E-state index < -0.39 is 0 Å². The van der Waals surface area contributed by atoms with E-state index in [1.165, 1.54) is 0 Å². The number of aliphatic hydroxyl groups is 1. The summed E-state index contributed by atoms with van der Waals surface area (Å²) >= 11 is 5.84. The molecule has 21 heavy (non-hydrogen) atoms. The van der Waals surface area contributed by atoms with Gasteiger partial charge in [0, 0.05) is 12.4 Å². The summed E-state index contributed by atoms with van der Waals surface area (Å²) in [5, 5.41) is 13.2. The van der Waals surface area contributed by atoms with E-state index in [0.717, 1.165) is 42.5 Å². The Balaban J connectivity index is 1.70. The standard InChI is InChI=1S/C16H20ClN3O/c17-10-12-5-6-15-14(9-12)19-11-20(15)8-2-3-13-16(21)4-1-7-18-13/h2-3,5-6,9,11,13,16,18,21H,1,4,7-8,10H2/b3-2+/t13-,16+/m1/s1. The van der Waals surface area contributed by atoms with Crippen LogP contribution in [0.25, 0.3) is 11.0 Å². The second-order valence-corrected chi connectivity index (χ2v) is 5.74. The Kier molecular flexibility index (Phi) is 4.58. The van der Waals surface area contributed by atoms with Crippen molar-refractivity contribution in [1.29, 1.82) is 0 Å². The summed E-state index contributed by atoms with van der Waals surface area (Å²) in [5.74, 6) is 0.508. The molecule has 1 aromatic carbocycles. The number of hydrogen-bond acceptors (Lipinski definition) is 3. The molecule has 0 amide bonds. The number of halogens is 1. The third-order valence-electron chi connectivity index (χ3n) is 3.96. The molecule has 5 heteroatoms. The van der Waals surface area contributed by atoms with Crippen LogP contribution in [0.5, 0.6) is 0 Å². The molecule has 2 atom stereocenters. The smallest absolute Gasteiger partial charge is 0.0961 e. The van der Waals surface area contributed by atoms with Crippen LogP contribution in [0.3, 0.4) is 0 Å². The summed E-state index contributed by atoms with van der Waals surface area (Å²) in [6.45, 7) is 1.73. The molecule has 0 saturated carbocycles. The molecule has 1 fully saturated rings. The molecule has 0 aliphatic carbocycles. The fraction of sp³-hybridized carbons (Fsp3) is 0.438. The van der Waals surface area contributed by atoms with Gasteiger partial charge in [0.15, 0.2) is 0 Å². The molecule has 112 valence electrons. The lowest BCUT2D eigenvalue weighted by atomic mass is 10.0. The van der Waals surface area contributed by atoms with Crippen LogP contribution in [0.15, 0.2) is 36.7 Å². The molecule has 0 radical (unpaired) electrons. The summed E-state index contributed by atoms with van der Waals surface area (Å²) < 4.78 is 2.10. The lowest BCUT2D eigenvalue weighted by Gasteiger charge is -2.26. The second-order valence-electron chi connectivity index (χ2n) is 5.47. The van der Waals surface area contributed by atoms with Gasteiger partial charge in [-0.2, -0.15) is 0 Å². The number of alkyl halides is 1. The Bertz CT molecular complexity index is 637. The molecule has 1 aliphatic rings. The molecule has 0 unspecified atom stereocenters. The lowest BCUT2D eigenvalue weighted by molar-refractivity contribution is 0.115. The highest BCUT2D eigenvalue weighted by Crippen LogP contribution is 2.16. The van der Waals surface area contributed by atoms with Gasteiger partial charge in [-0.05, 0) is 37.1 Å². The molecule has 4 nitrogen and oxygen atoms in total. The summed E-state index contributed by atoms with van der Waals surface area (Å²) in [6, 6.07) is 6.18. The quantitative estimate of drug-likeness (QED) is 0.674. The zero-order chi connectivity index (χ0) is 14.7. The predicted molar refractivity (Wildman–Crippen MR) is 85.5 cm³/mol. The van der Waals surface area contributed by atoms with Gasteiger partial charge in [-0.1, -0.05) is 18.2 Å². The summed E-state index contributed by atoms with van der Waals surface area (Å²) in [6.07, 6.45) is 7.63. The number of nitrogens with zero attached hydrogens (tertiary/aromatic N) is 2. The molecule has 1 saturated heterocycles. The zero-order valence-electron chi connectivity index (χ0n) is 11.9. The van der Waals surface area contributed by atoms with E-state index in [1.807, 2.05) is 18.5 Å². The largest absolute Gasteiger partial charge is 0.391 e. The average molecular weight is 306 g/mol. The van der Waals surface area contributed by atoms with Crippen LogP contribution in [-0.4, -0.2) is 33.3 Å². The van der Waals surface area contributed by atoms with Crippen LogP contribution >= 0.6 is 11.6 Å². The number of imidazole rings is 1. The SMILES string of the molecule is O[C@H]1CCCN[C@@H]1/C=C/Cn1cnc2cc(CCl)ccc21. The van der Waals surface area contributed by atoms with Crippen molar-refractivity contribution in [2.45, 2.75) is 37.4 Å². The van der Waals surface area contributed by atoms with Crippen LogP contribution in [0, 0.1) is 0 Å². The molecule has 2 N–H and O–H groups in total. The fourth-order valence-corrected chi connectivity index (χ4v) is 2.92. The molecule has 2 heterocycles. The maximum atomic E-state index is 9.91. The molecule has 0 spiro atoms. The van der Waals surface area contributed by atoms with Crippen LogP contribution in [0.2, 0.25) is 0 Å². The minimum Gasteiger partial charge on any atom is -0.391 e. The number of rotatable bonds is 4. The van der Waals surface area contributed by atoms with Crippen LogP contribution in [0.1, 0.15) is 18.4 Å². The highest BCUT2D eigenvalue weighted by atomic mass is 35.5. The van der Waals surface area contributed by atoms with Crippen molar-refractivity contribution in [1.82, 2.24) is 14.9 Å². The van der Waals surface area contributed by atoms with Gasteiger partial charge in [0.1, 0.15) is 0 Å². The summed E-state index contributed by atoms with van der Waals surface area (Å²) in [4.78, 5) is 4.41. The molecule has 3 rings (SSSR count). The van der Waals surface area contributed by atoms with Crippen molar-refractivity contribution in [2.24, 2.45) is 0 Å². The van der Waals surface area contributed by atoms with Gasteiger partial charge in [-0.25, -0.2) is 4.98 Å². The number of aliphatic hydroxyl groups excluding tert-OH is 1. The summed E-state index contributed by atoms with van der Waals surface area (Å²) in [5.41, 5.74) is 3.16. The maximum Gasteiger partial charge on any atom is 0.0961 e. The van der Waals surface area contributed by atoms with E-state index in [4.69, 9.17) is 11.6 Å². The first-order valence-electron chi connectivity index (χ1n) is 7.36. The van der Waals surface area contributed by atoms with Gasteiger partial charge < -0.3 is 15.0 Å². The van der Waals surface area contributed by atoms with Gasteiger partial charge in [0.2, 0.25) is 0 Å². The lowest BCUT2D eigenvalue weighted by Crippen LogP contribution is -2.43. The number of nitrogens with one attached hydrogen (secondary N) is 1. The van der Waals surface area contributed by atoms with E-state index >= 15 is 0 Å². The minimum absolute atomic E-state index is 0.0661. The number of allylic oxidation sites excluding steroid dienone is 1. The van der Waals surface area contributed by atoms with E-state index in [1.54, 1.807) is 0 Å². The van der Waals surface area contributed by atoms with Crippen LogP contribution < -0.4 is 5.32 Å². The van der Waals surface area contributed by atoms with Gasteiger partial charge in [-0.15, -0.1) is 11.6 Å². The Morgan fingerprint density at radius 3 is 3.19 bits per heavy atom. The number of fused-ring (bicyclic) bond motifs is 1. The van der Waals surface area contributed by atoms with Gasteiger partial charge >= 0.3 is 0 Å². The average Bonchev–Trinajstić information content (AvgIpc) is 2.91. The van der Waals surface area contributed by atoms with Gasteiger partial charge in [-0.3, -0.25) is 0 Å². The van der Waals surface area contributed by atoms with Crippen LogP contribution in [0.4, 0.5) is 0 Å². The third-order valence-corrected chi connectivity index (χ3v) is 4.27. The van der Waals surface area contributed by atoms with Crippen molar-refractivity contribution >= 4 is 22.6 Å². The fourth-order valence-electron chi connectivity index (χ4n) is 2.75. The maximum absolute atomic E-state index is 9.91. The van der Waals surface area contributed by atoms with Crippen LogP contribution in [-0.2, 0) is 12.4 Å². The van der Waals surface area contributed by atoms with Crippen molar-refractivity contribution in [3.05, 3.63) is 42.2 Å². The highest BCUT2D eigenvalue weighted by molar-refractivity contribution is 6.17. The van der Waals surface area contributed by atoms with E-state index in [-0.39, 0.29) is 12.1 Å². The van der Waals surface area contributed by atoms with Crippen molar-refractivity contribution in [3.8, 4) is 0 Å². The van der Waals surface area contributed by atoms with E-state index in [9.17, 15) is 5.11 Å². The van der Waals surface area contributed by atoms with Gasteiger partial charge in [0.05, 0.1) is 29.5 Å². The topological polar surface area (TPSA) is 50.1 Å². The number of piperidine rings is 1. The Morgan fingerprint density at radius 2 is 2.38 bits per heavy atom. The van der Waals surface area contributed by atoms with Crippen molar-refractivity contribution in [3.63, 3.8) is 0 Å². The normalized spacial score (nSPS) is 23.1. The molecular weight excluding hydrogens is 286 g/mol. The van der Waals surface area contributed by atoms with E-state index in [2.05, 4.69) is 33.1 Å². The molecule has 0 bridgehead atoms. The first kappa shape index (κ1) is 14.6. The predicted octanol–water partition coefficient (Wildman–Crippen LogP) is 2.44. The van der Waals surface area contributed by atoms with Crippen molar-refractivity contribution < 1.29 is 5.11 Å². The zero-order valence-corrected chi connectivity index (χ0v) is 12.6. The molecular formula is C16H20ClN3O. The monoisotopic (exact) mass is 305 g/mol. The minimum atomic E-state index is -0.277. The number of hydrogen-bond donors (Lipinski definition) is 2. The Labute approximate surface area is 129 Å². The highest BCUT2D eigenvalue weighted by Gasteiger charge is 2.19. The number of benzene rings is 1. The molecule has 1 aromatic heterocycles. The number of aromatic nitrogens is 2.